The SMILES string of the molecule is CCCCCC/C=C/C=C/CCCCCCCCCCCCC(=O)OCC(COCCC(C(=O)[O-])[N+](C)(C)C)OC(=O)CCCCCCCCCCCCCCCCCCCC. The molecule has 0 aliphatic heterocycles. The van der Waals surface area contributed by atoms with Gasteiger partial charge in [0.2, 0.25) is 0 Å². The van der Waals surface area contributed by atoms with Crippen molar-refractivity contribution in [2.45, 2.75) is 264 Å². The number of likely N-dealkylation sites (N-methyl/N-ethyl adjacent to an activating group) is 1. The number of hydrogen-bond donors (Lipinski definition) is 0. The van der Waals surface area contributed by atoms with Gasteiger partial charge < -0.3 is 28.6 Å². The van der Waals surface area contributed by atoms with Crippen molar-refractivity contribution in [3.8, 4) is 0 Å². The van der Waals surface area contributed by atoms with E-state index in [2.05, 4.69) is 38.2 Å². The Kier molecular flexibility index (Phi) is 43.8. The van der Waals surface area contributed by atoms with Gasteiger partial charge in [0.1, 0.15) is 12.6 Å². The number of nitrogens with zero attached hydrogens (tertiary/aromatic N) is 1. The van der Waals surface area contributed by atoms with Gasteiger partial charge in [-0.25, -0.2) is 0 Å². The molecule has 0 amide bonds. The highest BCUT2D eigenvalue weighted by Crippen LogP contribution is 2.16. The molecule has 0 aromatic rings. The lowest BCUT2D eigenvalue weighted by atomic mass is 10.0. The zero-order chi connectivity index (χ0) is 45.6. The fourth-order valence-electron chi connectivity index (χ4n) is 8.01. The molecule has 8 nitrogen and oxygen atoms in total. The van der Waals surface area contributed by atoms with E-state index in [1.54, 1.807) is 0 Å². The first-order valence-corrected chi connectivity index (χ1v) is 26.4. The molecule has 0 aromatic carbocycles. The van der Waals surface area contributed by atoms with Crippen molar-refractivity contribution in [3.05, 3.63) is 24.3 Å². The first kappa shape index (κ1) is 59.8. The summed E-state index contributed by atoms with van der Waals surface area (Å²) < 4.78 is 17.3. The predicted molar refractivity (Wildman–Crippen MR) is 259 cm³/mol. The molecule has 0 aromatic heterocycles. The molecule has 62 heavy (non-hydrogen) atoms. The highest BCUT2D eigenvalue weighted by molar-refractivity contribution is 5.70. The second kappa shape index (κ2) is 45.4. The third-order valence-electron chi connectivity index (χ3n) is 12.1. The van der Waals surface area contributed by atoms with Gasteiger partial charge in [0.05, 0.1) is 40.3 Å². The lowest BCUT2D eigenvalue weighted by Gasteiger charge is -2.34. The van der Waals surface area contributed by atoms with E-state index in [1.807, 2.05) is 21.1 Å². The largest absolute Gasteiger partial charge is 0.544 e. The Hall–Kier alpha value is -2.19. The van der Waals surface area contributed by atoms with Gasteiger partial charge in [0, 0.05) is 19.3 Å². The topological polar surface area (TPSA) is 102 Å². The number of quaternary nitrogens is 1. The fourth-order valence-corrected chi connectivity index (χ4v) is 8.01. The molecule has 0 bridgehead atoms. The number of aliphatic carboxylic acids is 1. The zero-order valence-electron chi connectivity index (χ0n) is 41.6. The Morgan fingerprint density at radius 1 is 0.484 bits per heavy atom. The summed E-state index contributed by atoms with van der Waals surface area (Å²) in [5, 5.41) is 11.7. The summed E-state index contributed by atoms with van der Waals surface area (Å²) in [7, 11) is 5.43. The van der Waals surface area contributed by atoms with Crippen molar-refractivity contribution in [3.63, 3.8) is 0 Å². The van der Waals surface area contributed by atoms with Crippen LogP contribution in [0.15, 0.2) is 24.3 Å². The molecule has 8 heteroatoms. The van der Waals surface area contributed by atoms with E-state index in [9.17, 15) is 19.5 Å². The van der Waals surface area contributed by atoms with Crippen LogP contribution in [0.3, 0.4) is 0 Å². The molecule has 2 unspecified atom stereocenters. The third-order valence-corrected chi connectivity index (χ3v) is 12.1. The number of rotatable bonds is 48. The van der Waals surface area contributed by atoms with Crippen molar-refractivity contribution in [1.29, 1.82) is 0 Å². The van der Waals surface area contributed by atoms with Crippen molar-refractivity contribution < 1.29 is 38.2 Å². The summed E-state index contributed by atoms with van der Waals surface area (Å²) in [5.41, 5.74) is 0. The summed E-state index contributed by atoms with van der Waals surface area (Å²) >= 11 is 0. The van der Waals surface area contributed by atoms with E-state index in [-0.39, 0.29) is 42.7 Å². The van der Waals surface area contributed by atoms with E-state index in [4.69, 9.17) is 14.2 Å². The lowest BCUT2D eigenvalue weighted by Crippen LogP contribution is -2.55. The summed E-state index contributed by atoms with van der Waals surface area (Å²) in [6.45, 7) is 4.69. The smallest absolute Gasteiger partial charge is 0.306 e. The van der Waals surface area contributed by atoms with Crippen molar-refractivity contribution >= 4 is 17.9 Å². The number of unbranched alkanes of at least 4 members (excludes halogenated alkanes) is 31. The lowest BCUT2D eigenvalue weighted by molar-refractivity contribution is -0.889. The molecule has 0 saturated heterocycles. The molecule has 2 atom stereocenters. The molecule has 364 valence electrons. The maximum Gasteiger partial charge on any atom is 0.306 e. The van der Waals surface area contributed by atoms with Crippen molar-refractivity contribution in [1.82, 2.24) is 0 Å². The minimum atomic E-state index is -1.12. The molecule has 0 N–H and O–H groups in total. The fraction of sp³-hybridized carbons (Fsp3) is 0.870. The minimum Gasteiger partial charge on any atom is -0.544 e. The third kappa shape index (κ3) is 43.1. The number of allylic oxidation sites excluding steroid dienone is 4. The average molecular weight is 876 g/mol. The molecule has 0 aliphatic carbocycles. The van der Waals surface area contributed by atoms with Crippen molar-refractivity contribution in [2.75, 3.05) is 41.0 Å². The molecule has 0 fully saturated rings. The molecule has 0 spiro atoms. The predicted octanol–water partition coefficient (Wildman–Crippen LogP) is 13.9. The second-order valence-corrected chi connectivity index (χ2v) is 19.1. The van der Waals surface area contributed by atoms with Crippen LogP contribution in [0.5, 0.6) is 0 Å². The zero-order valence-corrected chi connectivity index (χ0v) is 41.6. The van der Waals surface area contributed by atoms with Gasteiger partial charge in [-0.3, -0.25) is 9.59 Å². The van der Waals surface area contributed by atoms with Gasteiger partial charge in [0.25, 0.3) is 0 Å². The highest BCUT2D eigenvalue weighted by Gasteiger charge is 2.25. The van der Waals surface area contributed by atoms with Crippen LogP contribution in [0.4, 0.5) is 0 Å². The van der Waals surface area contributed by atoms with E-state index in [0.717, 1.165) is 38.5 Å². The molecule has 0 rings (SSSR count). The van der Waals surface area contributed by atoms with Gasteiger partial charge in [-0.1, -0.05) is 218 Å². The second-order valence-electron chi connectivity index (χ2n) is 19.1. The minimum absolute atomic E-state index is 0.0447. The van der Waals surface area contributed by atoms with E-state index in [0.29, 0.717) is 12.8 Å². The molecule has 0 saturated carbocycles. The number of ether oxygens (including phenoxy) is 3. The van der Waals surface area contributed by atoms with Crippen LogP contribution in [0, 0.1) is 0 Å². The standard InChI is InChI=1S/C54H101NO7/c1-6-8-10-12-14-16-18-20-22-24-26-27-29-30-32-34-36-38-40-42-44-52(56)61-49-50(48-60-47-46-51(54(58)59)55(3,4)5)62-53(57)45-43-41-39-37-35-33-31-28-25-23-21-19-17-15-13-11-9-7-2/h16,18,20,22,50-51H,6-15,17,19,21,23-49H2,1-5H3/b18-16+,22-20+. The van der Waals surface area contributed by atoms with Gasteiger partial charge in [-0.2, -0.15) is 0 Å². The summed E-state index contributed by atoms with van der Waals surface area (Å²) in [6.07, 6.45) is 52.0. The van der Waals surface area contributed by atoms with Gasteiger partial charge in [-0.05, 0) is 38.5 Å². The first-order chi connectivity index (χ1) is 30.1. The number of carboxylic acids is 1. The van der Waals surface area contributed by atoms with Crippen LogP contribution in [0.1, 0.15) is 251 Å². The molecular formula is C54H101NO7. The summed E-state index contributed by atoms with van der Waals surface area (Å²) in [5.74, 6) is -1.72. The average Bonchev–Trinajstić information content (AvgIpc) is 3.23. The number of carbonyl (C=O) groups excluding carboxylic acids is 3. The normalized spacial score (nSPS) is 13.0. The maximum atomic E-state index is 12.8. The number of carboxylic acid groups (broad SMARTS) is 1. The Morgan fingerprint density at radius 2 is 0.839 bits per heavy atom. The molecule has 0 aliphatic rings. The molecule has 0 heterocycles. The Bertz CT molecular complexity index is 1070. The van der Waals surface area contributed by atoms with Crippen LogP contribution in [-0.4, -0.2) is 75.5 Å². The van der Waals surface area contributed by atoms with Crippen molar-refractivity contribution in [2.24, 2.45) is 0 Å². The van der Waals surface area contributed by atoms with Crippen LogP contribution in [-0.2, 0) is 28.6 Å². The number of carbonyl (C=O) groups is 3. The Morgan fingerprint density at radius 3 is 1.23 bits per heavy atom. The quantitative estimate of drug-likeness (QED) is 0.0260. The van der Waals surface area contributed by atoms with Crippen LogP contribution in [0.25, 0.3) is 0 Å². The van der Waals surface area contributed by atoms with E-state index in [1.165, 1.54) is 180 Å². The highest BCUT2D eigenvalue weighted by atomic mass is 16.6. The van der Waals surface area contributed by atoms with Gasteiger partial charge in [0.15, 0.2) is 6.10 Å². The van der Waals surface area contributed by atoms with E-state index < -0.39 is 18.1 Å². The monoisotopic (exact) mass is 876 g/mol. The summed E-state index contributed by atoms with van der Waals surface area (Å²) in [6, 6.07) is -0.724. The number of hydrogen-bond acceptors (Lipinski definition) is 7. The summed E-state index contributed by atoms with van der Waals surface area (Å²) in [4.78, 5) is 37.1. The van der Waals surface area contributed by atoms with Crippen LogP contribution < -0.4 is 5.11 Å². The van der Waals surface area contributed by atoms with E-state index >= 15 is 0 Å². The van der Waals surface area contributed by atoms with Gasteiger partial charge >= 0.3 is 11.9 Å². The number of esters is 2. The Labute approximate surface area is 383 Å². The van der Waals surface area contributed by atoms with Gasteiger partial charge in [-0.15, -0.1) is 0 Å². The molecule has 0 radical (unpaired) electrons. The van der Waals surface area contributed by atoms with Crippen LogP contribution in [0.2, 0.25) is 0 Å². The molecular weight excluding hydrogens is 775 g/mol. The Balaban J connectivity index is 4.20. The van der Waals surface area contributed by atoms with Crippen LogP contribution >= 0.6 is 0 Å². The maximum absolute atomic E-state index is 12.8. The first-order valence-electron chi connectivity index (χ1n) is 26.4.